The molecule has 2 atom stereocenters. The molecule has 2 heterocycles. The number of halogens is 1. The van der Waals surface area contributed by atoms with Crippen molar-refractivity contribution in [1.29, 1.82) is 0 Å². The van der Waals surface area contributed by atoms with Crippen molar-refractivity contribution < 1.29 is 9.50 Å². The van der Waals surface area contributed by atoms with Gasteiger partial charge in [-0.1, -0.05) is 13.0 Å². The van der Waals surface area contributed by atoms with Gasteiger partial charge in [0.2, 0.25) is 0 Å². The number of aromatic nitrogens is 2. The summed E-state index contributed by atoms with van der Waals surface area (Å²) >= 11 is 0. The molecule has 1 aromatic carbocycles. The largest absolute Gasteiger partial charge is 0.392 e. The molecule has 1 aliphatic rings. The first-order chi connectivity index (χ1) is 9.13. The minimum atomic E-state index is -0.299. The van der Waals surface area contributed by atoms with E-state index in [-0.39, 0.29) is 11.9 Å². The number of likely N-dealkylation sites (tertiary alicyclic amines) is 1. The van der Waals surface area contributed by atoms with Gasteiger partial charge >= 0.3 is 0 Å². The van der Waals surface area contributed by atoms with Crippen LogP contribution in [0.15, 0.2) is 18.2 Å². The number of rotatable bonds is 2. The first kappa shape index (κ1) is 12.6. The highest BCUT2D eigenvalue weighted by molar-refractivity contribution is 5.75. The number of aliphatic hydroxyl groups excluding tert-OH is 1. The van der Waals surface area contributed by atoms with E-state index in [9.17, 15) is 9.50 Å². The molecule has 19 heavy (non-hydrogen) atoms. The summed E-state index contributed by atoms with van der Waals surface area (Å²) in [6.07, 6.45) is 0.699. The number of aliphatic hydroxyl groups is 1. The lowest BCUT2D eigenvalue weighted by Crippen LogP contribution is -2.42. The lowest BCUT2D eigenvalue weighted by Gasteiger charge is -2.33. The number of fused-ring (bicyclic) bond motifs is 1. The van der Waals surface area contributed by atoms with E-state index < -0.39 is 0 Å². The molecule has 4 nitrogen and oxygen atoms in total. The molecule has 0 spiro atoms. The quantitative estimate of drug-likeness (QED) is 0.870. The van der Waals surface area contributed by atoms with E-state index in [0.717, 1.165) is 24.3 Å². The van der Waals surface area contributed by atoms with Crippen molar-refractivity contribution in [2.24, 2.45) is 5.92 Å². The molecule has 1 aromatic heterocycles. The van der Waals surface area contributed by atoms with Crippen molar-refractivity contribution in [1.82, 2.24) is 14.9 Å². The molecule has 0 radical (unpaired) electrons. The minimum Gasteiger partial charge on any atom is -0.392 e. The van der Waals surface area contributed by atoms with Crippen LogP contribution in [0.1, 0.15) is 19.2 Å². The highest BCUT2D eigenvalue weighted by Crippen LogP contribution is 2.20. The Hall–Kier alpha value is -1.46. The summed E-state index contributed by atoms with van der Waals surface area (Å²) in [6, 6.07) is 4.91. The summed E-state index contributed by atoms with van der Waals surface area (Å²) in [4.78, 5) is 9.58. The number of nitrogens with one attached hydrogen (secondary N) is 1. The Morgan fingerprint density at radius 2 is 2.37 bits per heavy atom. The van der Waals surface area contributed by atoms with Gasteiger partial charge in [0.1, 0.15) is 11.3 Å². The zero-order chi connectivity index (χ0) is 13.4. The third kappa shape index (κ3) is 2.48. The monoisotopic (exact) mass is 263 g/mol. The van der Waals surface area contributed by atoms with E-state index in [0.29, 0.717) is 24.5 Å². The average molecular weight is 263 g/mol. The maximum atomic E-state index is 13.6. The maximum Gasteiger partial charge on any atom is 0.151 e. The SMILES string of the molecule is CC1CCN(Cc2nc3c(F)cccc3[nH]2)CC1O. The lowest BCUT2D eigenvalue weighted by atomic mass is 9.96. The summed E-state index contributed by atoms with van der Waals surface area (Å²) in [5.74, 6) is 0.804. The molecule has 1 saturated heterocycles. The number of β-amino-alcohol motifs (C(OH)–C–C–N with tert-alkyl or cyclic N) is 1. The minimum absolute atomic E-state index is 0.283. The Kier molecular flexibility index (Phi) is 3.24. The molecule has 0 amide bonds. The number of piperidine rings is 1. The van der Waals surface area contributed by atoms with Gasteiger partial charge in [0.05, 0.1) is 18.2 Å². The van der Waals surface area contributed by atoms with Gasteiger partial charge in [-0.2, -0.15) is 0 Å². The van der Waals surface area contributed by atoms with Gasteiger partial charge in [-0.3, -0.25) is 4.90 Å². The molecule has 3 rings (SSSR count). The lowest BCUT2D eigenvalue weighted by molar-refractivity contribution is 0.0250. The van der Waals surface area contributed by atoms with Crippen LogP contribution >= 0.6 is 0 Å². The highest BCUT2D eigenvalue weighted by Gasteiger charge is 2.24. The third-order valence-corrected chi connectivity index (χ3v) is 3.89. The number of H-pyrrole nitrogens is 1. The number of para-hydroxylation sites is 1. The fraction of sp³-hybridized carbons (Fsp3) is 0.500. The number of hydrogen-bond acceptors (Lipinski definition) is 3. The summed E-state index contributed by atoms with van der Waals surface area (Å²) in [5, 5.41) is 9.88. The van der Waals surface area contributed by atoms with Crippen LogP contribution in [0.2, 0.25) is 0 Å². The number of hydrogen-bond donors (Lipinski definition) is 2. The average Bonchev–Trinajstić information content (AvgIpc) is 2.78. The van der Waals surface area contributed by atoms with Crippen molar-refractivity contribution in [3.63, 3.8) is 0 Å². The molecule has 1 fully saturated rings. The Morgan fingerprint density at radius 3 is 3.11 bits per heavy atom. The fourth-order valence-electron chi connectivity index (χ4n) is 2.59. The maximum absolute atomic E-state index is 13.6. The van der Waals surface area contributed by atoms with Crippen LogP contribution in [0.3, 0.4) is 0 Å². The van der Waals surface area contributed by atoms with Gasteiger partial charge in [-0.25, -0.2) is 9.37 Å². The van der Waals surface area contributed by atoms with E-state index in [2.05, 4.69) is 21.8 Å². The van der Waals surface area contributed by atoms with Crippen molar-refractivity contribution in [2.75, 3.05) is 13.1 Å². The molecule has 0 saturated carbocycles. The zero-order valence-electron chi connectivity index (χ0n) is 10.9. The molecule has 2 unspecified atom stereocenters. The van der Waals surface area contributed by atoms with Gasteiger partial charge in [0, 0.05) is 6.54 Å². The van der Waals surface area contributed by atoms with E-state index in [4.69, 9.17) is 0 Å². The molecule has 1 aliphatic heterocycles. The molecule has 0 bridgehead atoms. The summed E-state index contributed by atoms with van der Waals surface area (Å²) in [6.45, 7) is 4.29. The van der Waals surface area contributed by atoms with E-state index in [1.807, 2.05) is 6.07 Å². The Labute approximate surface area is 111 Å². The van der Waals surface area contributed by atoms with Crippen LogP contribution < -0.4 is 0 Å². The normalized spacial score (nSPS) is 25.0. The zero-order valence-corrected chi connectivity index (χ0v) is 10.9. The van der Waals surface area contributed by atoms with Gasteiger partial charge in [0.25, 0.3) is 0 Å². The van der Waals surface area contributed by atoms with Crippen molar-refractivity contribution in [2.45, 2.75) is 26.0 Å². The van der Waals surface area contributed by atoms with E-state index >= 15 is 0 Å². The molecular formula is C14H18FN3O. The van der Waals surface area contributed by atoms with Crippen LogP contribution in [0.4, 0.5) is 4.39 Å². The predicted molar refractivity (Wildman–Crippen MR) is 71.1 cm³/mol. The standard InChI is InChI=1S/C14H18FN3O/c1-9-5-6-18(7-12(9)19)8-13-16-11-4-2-3-10(15)14(11)17-13/h2-4,9,12,19H,5-8H2,1H3,(H,16,17). The van der Waals surface area contributed by atoms with Crippen LogP contribution in [0, 0.1) is 11.7 Å². The molecule has 102 valence electrons. The predicted octanol–water partition coefficient (Wildman–Crippen LogP) is 1.90. The van der Waals surface area contributed by atoms with Crippen LogP contribution in [0.25, 0.3) is 11.0 Å². The topological polar surface area (TPSA) is 52.2 Å². The van der Waals surface area contributed by atoms with E-state index in [1.54, 1.807) is 6.07 Å². The Bertz CT molecular complexity index is 583. The van der Waals surface area contributed by atoms with Gasteiger partial charge in [0.15, 0.2) is 5.82 Å². The van der Waals surface area contributed by atoms with Crippen LogP contribution in [0.5, 0.6) is 0 Å². The molecule has 2 N–H and O–H groups in total. The second-order valence-electron chi connectivity index (χ2n) is 5.39. The van der Waals surface area contributed by atoms with Crippen molar-refractivity contribution in [3.05, 3.63) is 29.8 Å². The smallest absolute Gasteiger partial charge is 0.151 e. The molecule has 0 aliphatic carbocycles. The summed E-state index contributed by atoms with van der Waals surface area (Å²) in [7, 11) is 0. The highest BCUT2D eigenvalue weighted by atomic mass is 19.1. The van der Waals surface area contributed by atoms with Crippen molar-refractivity contribution >= 4 is 11.0 Å². The summed E-state index contributed by atoms with van der Waals surface area (Å²) in [5.41, 5.74) is 1.12. The molecular weight excluding hydrogens is 245 g/mol. The van der Waals surface area contributed by atoms with Crippen LogP contribution in [-0.4, -0.2) is 39.2 Å². The number of aromatic amines is 1. The second kappa shape index (κ2) is 4.90. The van der Waals surface area contributed by atoms with Crippen molar-refractivity contribution in [3.8, 4) is 0 Å². The van der Waals surface area contributed by atoms with Gasteiger partial charge < -0.3 is 10.1 Å². The second-order valence-corrected chi connectivity index (χ2v) is 5.39. The number of benzene rings is 1. The number of imidazole rings is 1. The Morgan fingerprint density at radius 1 is 1.53 bits per heavy atom. The first-order valence-corrected chi connectivity index (χ1v) is 6.67. The Balaban J connectivity index is 1.77. The number of nitrogens with zero attached hydrogens (tertiary/aromatic N) is 2. The molecule has 2 aromatic rings. The van der Waals surface area contributed by atoms with E-state index in [1.165, 1.54) is 6.07 Å². The molecule has 5 heteroatoms. The third-order valence-electron chi connectivity index (χ3n) is 3.89. The van der Waals surface area contributed by atoms with Gasteiger partial charge in [-0.15, -0.1) is 0 Å². The summed E-state index contributed by atoms with van der Waals surface area (Å²) < 4.78 is 13.6. The van der Waals surface area contributed by atoms with Gasteiger partial charge in [-0.05, 0) is 31.0 Å². The first-order valence-electron chi connectivity index (χ1n) is 6.67. The van der Waals surface area contributed by atoms with Crippen LogP contribution in [-0.2, 0) is 6.54 Å². The fourth-order valence-corrected chi connectivity index (χ4v) is 2.59.